The van der Waals surface area contributed by atoms with Crippen LogP contribution in [0.2, 0.25) is 0 Å². The number of benzene rings is 1. The van der Waals surface area contributed by atoms with Crippen molar-refractivity contribution in [1.82, 2.24) is 9.55 Å². The van der Waals surface area contributed by atoms with Gasteiger partial charge in [0.15, 0.2) is 0 Å². The van der Waals surface area contributed by atoms with E-state index in [0.29, 0.717) is 6.54 Å². The summed E-state index contributed by atoms with van der Waals surface area (Å²) in [6.07, 6.45) is 5.56. The monoisotopic (exact) mass is 213 g/mol. The normalized spacial score (nSPS) is 10.1. The van der Waals surface area contributed by atoms with E-state index in [1.54, 1.807) is 6.20 Å². The number of imidazole rings is 1. The van der Waals surface area contributed by atoms with Gasteiger partial charge < -0.3 is 5.32 Å². The van der Waals surface area contributed by atoms with Gasteiger partial charge in [0, 0.05) is 18.9 Å². The minimum absolute atomic E-state index is 0.711. The van der Waals surface area contributed by atoms with Gasteiger partial charge in [-0.25, -0.2) is 4.98 Å². The van der Waals surface area contributed by atoms with E-state index in [4.69, 9.17) is 0 Å². The SMILES string of the molecule is C=CCNc1nccn1-c1ccccc1C. The first-order valence-corrected chi connectivity index (χ1v) is 5.27. The zero-order valence-corrected chi connectivity index (χ0v) is 9.35. The molecule has 1 aromatic heterocycles. The maximum Gasteiger partial charge on any atom is 0.207 e. The summed E-state index contributed by atoms with van der Waals surface area (Å²) in [4.78, 5) is 4.28. The maximum atomic E-state index is 4.28. The molecule has 0 atom stereocenters. The lowest BCUT2D eigenvalue weighted by Gasteiger charge is -2.10. The number of anilines is 1. The average Bonchev–Trinajstić information content (AvgIpc) is 2.75. The number of aryl methyl sites for hydroxylation is 1. The summed E-state index contributed by atoms with van der Waals surface area (Å²) in [6.45, 7) is 6.48. The second-order valence-corrected chi connectivity index (χ2v) is 3.58. The fourth-order valence-electron chi connectivity index (χ4n) is 1.63. The number of nitrogens with one attached hydrogen (secondary N) is 1. The quantitative estimate of drug-likeness (QED) is 0.791. The van der Waals surface area contributed by atoms with Crippen LogP contribution in [-0.4, -0.2) is 16.1 Å². The van der Waals surface area contributed by atoms with Crippen LogP contribution in [0.1, 0.15) is 5.56 Å². The van der Waals surface area contributed by atoms with Crippen molar-refractivity contribution in [3.8, 4) is 5.69 Å². The Morgan fingerprint density at radius 1 is 1.44 bits per heavy atom. The topological polar surface area (TPSA) is 29.9 Å². The molecule has 0 aliphatic rings. The number of hydrogen-bond donors (Lipinski definition) is 1. The van der Waals surface area contributed by atoms with Gasteiger partial charge in [0.25, 0.3) is 0 Å². The van der Waals surface area contributed by atoms with Gasteiger partial charge in [0.1, 0.15) is 0 Å². The summed E-state index contributed by atoms with van der Waals surface area (Å²) >= 11 is 0. The van der Waals surface area contributed by atoms with Crippen molar-refractivity contribution in [2.45, 2.75) is 6.92 Å². The molecule has 0 saturated heterocycles. The minimum Gasteiger partial charge on any atom is -0.352 e. The molecule has 0 fully saturated rings. The molecule has 0 bridgehead atoms. The minimum atomic E-state index is 0.711. The first-order chi connectivity index (χ1) is 7.83. The lowest BCUT2D eigenvalue weighted by Crippen LogP contribution is -2.06. The summed E-state index contributed by atoms with van der Waals surface area (Å²) in [5.41, 5.74) is 2.37. The van der Waals surface area contributed by atoms with E-state index in [9.17, 15) is 0 Å². The van der Waals surface area contributed by atoms with E-state index < -0.39 is 0 Å². The van der Waals surface area contributed by atoms with Gasteiger partial charge in [-0.05, 0) is 18.6 Å². The molecule has 1 aromatic carbocycles. The lowest BCUT2D eigenvalue weighted by atomic mass is 10.2. The number of aromatic nitrogens is 2. The van der Waals surface area contributed by atoms with E-state index >= 15 is 0 Å². The van der Waals surface area contributed by atoms with E-state index in [1.807, 2.05) is 29.0 Å². The molecule has 16 heavy (non-hydrogen) atoms. The summed E-state index contributed by atoms with van der Waals surface area (Å²) < 4.78 is 2.04. The fraction of sp³-hybridized carbons (Fsp3) is 0.154. The third-order valence-electron chi connectivity index (χ3n) is 2.42. The van der Waals surface area contributed by atoms with E-state index in [2.05, 4.69) is 35.9 Å². The first-order valence-electron chi connectivity index (χ1n) is 5.27. The highest BCUT2D eigenvalue weighted by Crippen LogP contribution is 2.17. The van der Waals surface area contributed by atoms with Gasteiger partial charge >= 0.3 is 0 Å². The predicted octanol–water partition coefficient (Wildman–Crippen LogP) is 2.78. The van der Waals surface area contributed by atoms with E-state index in [-0.39, 0.29) is 0 Å². The Balaban J connectivity index is 2.37. The van der Waals surface area contributed by atoms with Crippen molar-refractivity contribution < 1.29 is 0 Å². The van der Waals surface area contributed by atoms with Gasteiger partial charge in [-0.1, -0.05) is 24.3 Å². The van der Waals surface area contributed by atoms with Gasteiger partial charge in [0.05, 0.1) is 5.69 Å². The second kappa shape index (κ2) is 4.66. The molecular formula is C13H15N3. The van der Waals surface area contributed by atoms with Crippen molar-refractivity contribution in [2.24, 2.45) is 0 Å². The molecule has 0 saturated carbocycles. The molecule has 2 rings (SSSR count). The van der Waals surface area contributed by atoms with Gasteiger partial charge in [-0.15, -0.1) is 6.58 Å². The highest BCUT2D eigenvalue weighted by Gasteiger charge is 2.05. The van der Waals surface area contributed by atoms with Crippen LogP contribution in [0.5, 0.6) is 0 Å². The summed E-state index contributed by atoms with van der Waals surface area (Å²) in [7, 11) is 0. The molecule has 0 aliphatic carbocycles. The Hall–Kier alpha value is -2.03. The number of nitrogens with zero attached hydrogens (tertiary/aromatic N) is 2. The first kappa shape index (κ1) is 10.5. The van der Waals surface area contributed by atoms with Crippen molar-refractivity contribution in [1.29, 1.82) is 0 Å². The smallest absolute Gasteiger partial charge is 0.207 e. The van der Waals surface area contributed by atoms with Gasteiger partial charge in [0.2, 0.25) is 5.95 Å². The van der Waals surface area contributed by atoms with Crippen LogP contribution < -0.4 is 5.32 Å². The second-order valence-electron chi connectivity index (χ2n) is 3.58. The molecule has 0 amide bonds. The highest BCUT2D eigenvalue weighted by molar-refractivity contribution is 5.46. The summed E-state index contributed by atoms with van der Waals surface area (Å²) in [5.74, 6) is 0.842. The lowest BCUT2D eigenvalue weighted by molar-refractivity contribution is 1.03. The molecule has 3 nitrogen and oxygen atoms in total. The zero-order valence-electron chi connectivity index (χ0n) is 9.35. The zero-order chi connectivity index (χ0) is 11.4. The van der Waals surface area contributed by atoms with Gasteiger partial charge in [-0.2, -0.15) is 0 Å². The van der Waals surface area contributed by atoms with Crippen molar-refractivity contribution in [3.63, 3.8) is 0 Å². The van der Waals surface area contributed by atoms with Crippen molar-refractivity contribution in [2.75, 3.05) is 11.9 Å². The Kier molecular flexibility index (Phi) is 3.05. The summed E-state index contributed by atoms with van der Waals surface area (Å²) in [5, 5.41) is 3.20. The molecule has 82 valence electrons. The molecule has 2 aromatic rings. The Morgan fingerprint density at radius 2 is 2.25 bits per heavy atom. The van der Waals surface area contributed by atoms with E-state index in [0.717, 1.165) is 11.6 Å². The van der Waals surface area contributed by atoms with Crippen LogP contribution in [0.25, 0.3) is 5.69 Å². The van der Waals surface area contributed by atoms with Crippen molar-refractivity contribution in [3.05, 3.63) is 54.9 Å². The predicted molar refractivity (Wildman–Crippen MR) is 67.0 cm³/mol. The molecular weight excluding hydrogens is 198 g/mol. The third kappa shape index (κ3) is 1.98. The Labute approximate surface area is 95.4 Å². The average molecular weight is 213 g/mol. The van der Waals surface area contributed by atoms with Crippen LogP contribution in [0.15, 0.2) is 49.3 Å². The van der Waals surface area contributed by atoms with Crippen LogP contribution >= 0.6 is 0 Å². The molecule has 0 radical (unpaired) electrons. The number of hydrogen-bond acceptors (Lipinski definition) is 2. The van der Waals surface area contributed by atoms with Crippen LogP contribution in [0.3, 0.4) is 0 Å². The van der Waals surface area contributed by atoms with Crippen molar-refractivity contribution >= 4 is 5.95 Å². The highest BCUT2D eigenvalue weighted by atomic mass is 15.2. The molecule has 1 heterocycles. The molecule has 0 aliphatic heterocycles. The van der Waals surface area contributed by atoms with Gasteiger partial charge in [-0.3, -0.25) is 4.57 Å². The summed E-state index contributed by atoms with van der Waals surface area (Å²) in [6, 6.07) is 8.23. The van der Waals surface area contributed by atoms with E-state index in [1.165, 1.54) is 5.56 Å². The number of rotatable bonds is 4. The van der Waals surface area contributed by atoms with Crippen LogP contribution in [0.4, 0.5) is 5.95 Å². The third-order valence-corrected chi connectivity index (χ3v) is 2.42. The van der Waals surface area contributed by atoms with Crippen LogP contribution in [0, 0.1) is 6.92 Å². The van der Waals surface area contributed by atoms with Crippen LogP contribution in [-0.2, 0) is 0 Å². The molecule has 3 heteroatoms. The largest absolute Gasteiger partial charge is 0.352 e. The molecule has 0 spiro atoms. The Bertz CT molecular complexity index is 485. The Morgan fingerprint density at radius 3 is 3.00 bits per heavy atom. The fourth-order valence-corrected chi connectivity index (χ4v) is 1.63. The number of para-hydroxylation sites is 1. The standard InChI is InChI=1S/C13H15N3/c1-3-8-14-13-15-9-10-16(13)12-7-5-4-6-11(12)2/h3-7,9-10H,1,8H2,2H3,(H,14,15). The molecule has 0 unspecified atom stereocenters. The molecule has 1 N–H and O–H groups in total. The maximum absolute atomic E-state index is 4.28.